The molecule has 1 rings (SSSR count). The van der Waals surface area contributed by atoms with Gasteiger partial charge in [-0.25, -0.2) is 0 Å². The zero-order valence-corrected chi connectivity index (χ0v) is 12.6. The van der Waals surface area contributed by atoms with Crippen LogP contribution in [0.3, 0.4) is 0 Å². The van der Waals surface area contributed by atoms with Crippen LogP contribution in [0.4, 0.5) is 0 Å². The summed E-state index contributed by atoms with van der Waals surface area (Å²) in [6.07, 6.45) is 4.88. The molecule has 0 aliphatic carbocycles. The molecule has 1 heterocycles. The van der Waals surface area contributed by atoms with Crippen LogP contribution in [-0.2, 0) is 4.74 Å². The maximum absolute atomic E-state index is 5.56. The van der Waals surface area contributed by atoms with Gasteiger partial charge in [0.2, 0.25) is 0 Å². The number of unbranched alkanes of at least 4 members (excludes halogenated alkanes) is 1. The average Bonchev–Trinajstić information content (AvgIpc) is 2.27. The molecule has 102 valence electrons. The Morgan fingerprint density at radius 1 is 1.29 bits per heavy atom. The van der Waals surface area contributed by atoms with E-state index in [9.17, 15) is 0 Å². The Morgan fingerprint density at radius 3 is 2.76 bits per heavy atom. The average molecular weight is 259 g/mol. The first kappa shape index (κ1) is 15.3. The van der Waals surface area contributed by atoms with Crippen LogP contribution in [0.25, 0.3) is 0 Å². The van der Waals surface area contributed by atoms with Gasteiger partial charge >= 0.3 is 0 Å². The topological polar surface area (TPSA) is 21.3 Å². The summed E-state index contributed by atoms with van der Waals surface area (Å²) in [5.74, 6) is 2.59. The predicted octanol–water partition coefficient (Wildman–Crippen LogP) is 3.31. The second-order valence-electron chi connectivity index (χ2n) is 5.85. The number of hydrogen-bond donors (Lipinski definition) is 1. The van der Waals surface area contributed by atoms with Crippen LogP contribution in [0.15, 0.2) is 0 Å². The van der Waals surface area contributed by atoms with E-state index in [2.05, 4.69) is 37.8 Å². The third-order valence-corrected chi connectivity index (χ3v) is 4.78. The van der Waals surface area contributed by atoms with Gasteiger partial charge in [-0.15, -0.1) is 0 Å². The van der Waals surface area contributed by atoms with Crippen molar-refractivity contribution in [2.45, 2.75) is 52.5 Å². The fourth-order valence-corrected chi connectivity index (χ4v) is 3.53. The third-order valence-electron chi connectivity index (χ3n) is 3.15. The highest BCUT2D eigenvalue weighted by molar-refractivity contribution is 7.99. The molecule has 1 fully saturated rings. The lowest BCUT2D eigenvalue weighted by molar-refractivity contribution is 0.128. The van der Waals surface area contributed by atoms with Crippen LogP contribution >= 0.6 is 11.8 Å². The minimum Gasteiger partial charge on any atom is -0.381 e. The van der Waals surface area contributed by atoms with Crippen molar-refractivity contribution < 1.29 is 4.74 Å². The van der Waals surface area contributed by atoms with Gasteiger partial charge in [0.05, 0.1) is 0 Å². The van der Waals surface area contributed by atoms with Crippen molar-refractivity contribution in [2.24, 2.45) is 5.41 Å². The van der Waals surface area contributed by atoms with Gasteiger partial charge in [0.25, 0.3) is 0 Å². The van der Waals surface area contributed by atoms with E-state index in [1.807, 2.05) is 0 Å². The summed E-state index contributed by atoms with van der Waals surface area (Å²) < 4.78 is 5.56. The van der Waals surface area contributed by atoms with Crippen molar-refractivity contribution in [3.8, 4) is 0 Å². The smallest absolute Gasteiger partial charge is 0.0478 e. The molecule has 0 radical (unpaired) electrons. The Labute approximate surface area is 111 Å². The molecule has 0 bridgehead atoms. The first-order chi connectivity index (χ1) is 8.14. The maximum atomic E-state index is 5.56. The van der Waals surface area contributed by atoms with Crippen molar-refractivity contribution in [3.63, 3.8) is 0 Å². The molecule has 0 amide bonds. The summed E-state index contributed by atoms with van der Waals surface area (Å²) in [5.41, 5.74) is 0.512. The zero-order chi connectivity index (χ0) is 12.6. The van der Waals surface area contributed by atoms with E-state index in [-0.39, 0.29) is 0 Å². The highest BCUT2D eigenvalue weighted by Gasteiger charge is 2.27. The first-order valence-corrected chi connectivity index (χ1v) is 8.18. The number of ether oxygens (including phenoxy) is 1. The van der Waals surface area contributed by atoms with E-state index in [1.54, 1.807) is 0 Å². The summed E-state index contributed by atoms with van der Waals surface area (Å²) in [6.45, 7) is 9.91. The molecule has 1 atom stereocenters. The molecule has 0 spiro atoms. The van der Waals surface area contributed by atoms with Crippen LogP contribution in [0.5, 0.6) is 0 Å². The van der Waals surface area contributed by atoms with Crippen molar-refractivity contribution in [2.75, 3.05) is 31.3 Å². The van der Waals surface area contributed by atoms with Crippen LogP contribution in [0, 0.1) is 5.41 Å². The highest BCUT2D eigenvalue weighted by atomic mass is 32.2. The molecule has 0 aromatic heterocycles. The van der Waals surface area contributed by atoms with Gasteiger partial charge < -0.3 is 10.1 Å². The molecule has 17 heavy (non-hydrogen) atoms. The monoisotopic (exact) mass is 259 g/mol. The van der Waals surface area contributed by atoms with Gasteiger partial charge in [-0.2, -0.15) is 11.8 Å². The van der Waals surface area contributed by atoms with Crippen LogP contribution in [0.1, 0.15) is 46.5 Å². The number of thioether (sulfide) groups is 1. The molecule has 2 nitrogen and oxygen atoms in total. The van der Waals surface area contributed by atoms with Gasteiger partial charge in [-0.3, -0.25) is 0 Å². The zero-order valence-electron chi connectivity index (χ0n) is 11.8. The van der Waals surface area contributed by atoms with Gasteiger partial charge in [-0.1, -0.05) is 27.2 Å². The summed E-state index contributed by atoms with van der Waals surface area (Å²) >= 11 is 2.09. The standard InChI is InChI=1S/C14H29NOS/c1-4-5-8-16-9-6-7-15-13-10-14(2,3)12-17-11-13/h13,15H,4-12H2,1-3H3. The molecule has 1 unspecified atom stereocenters. The van der Waals surface area contributed by atoms with Crippen molar-refractivity contribution in [1.82, 2.24) is 5.32 Å². The lowest BCUT2D eigenvalue weighted by Crippen LogP contribution is -2.40. The van der Waals surface area contributed by atoms with Gasteiger partial charge in [0.15, 0.2) is 0 Å². The number of hydrogen-bond acceptors (Lipinski definition) is 3. The second kappa shape index (κ2) is 8.39. The highest BCUT2D eigenvalue weighted by Crippen LogP contribution is 2.33. The molecular formula is C14H29NOS. The third kappa shape index (κ3) is 7.32. The van der Waals surface area contributed by atoms with E-state index in [0.29, 0.717) is 11.5 Å². The Hall–Kier alpha value is 0.270. The minimum absolute atomic E-state index is 0.512. The van der Waals surface area contributed by atoms with Crippen molar-refractivity contribution in [1.29, 1.82) is 0 Å². The molecule has 0 aromatic carbocycles. The largest absolute Gasteiger partial charge is 0.381 e. The normalized spacial score (nSPS) is 23.8. The number of nitrogens with one attached hydrogen (secondary N) is 1. The first-order valence-electron chi connectivity index (χ1n) is 7.03. The number of rotatable bonds is 8. The van der Waals surface area contributed by atoms with E-state index >= 15 is 0 Å². The summed E-state index contributed by atoms with van der Waals surface area (Å²) in [7, 11) is 0. The van der Waals surface area contributed by atoms with Gasteiger partial charge in [0.1, 0.15) is 0 Å². The molecule has 1 saturated heterocycles. The lowest BCUT2D eigenvalue weighted by atomic mass is 9.88. The SMILES string of the molecule is CCCCOCCCNC1CSCC(C)(C)C1. The quantitative estimate of drug-likeness (QED) is 0.676. The second-order valence-corrected chi connectivity index (χ2v) is 6.88. The molecule has 1 N–H and O–H groups in total. The molecule has 3 heteroatoms. The Morgan fingerprint density at radius 2 is 2.06 bits per heavy atom. The lowest BCUT2D eigenvalue weighted by Gasteiger charge is -2.35. The molecule has 1 aliphatic heterocycles. The van der Waals surface area contributed by atoms with Gasteiger partial charge in [0, 0.05) is 25.0 Å². The molecular weight excluding hydrogens is 230 g/mol. The minimum atomic E-state index is 0.512. The fraction of sp³-hybridized carbons (Fsp3) is 1.00. The summed E-state index contributed by atoms with van der Waals surface area (Å²) in [6, 6.07) is 0.708. The maximum Gasteiger partial charge on any atom is 0.0478 e. The van der Waals surface area contributed by atoms with E-state index < -0.39 is 0 Å². The van der Waals surface area contributed by atoms with Crippen molar-refractivity contribution in [3.05, 3.63) is 0 Å². The summed E-state index contributed by atoms with van der Waals surface area (Å²) in [4.78, 5) is 0. The molecule has 0 saturated carbocycles. The van der Waals surface area contributed by atoms with E-state index in [1.165, 1.54) is 30.8 Å². The van der Waals surface area contributed by atoms with Gasteiger partial charge in [-0.05, 0) is 37.0 Å². The summed E-state index contributed by atoms with van der Waals surface area (Å²) in [5, 5.41) is 3.67. The molecule has 0 aromatic rings. The Bertz CT molecular complexity index is 197. The molecule has 1 aliphatic rings. The Balaban J connectivity index is 1.95. The Kier molecular flexibility index (Phi) is 7.56. The predicted molar refractivity (Wildman–Crippen MR) is 77.9 cm³/mol. The van der Waals surface area contributed by atoms with E-state index in [0.717, 1.165) is 26.2 Å². The van der Waals surface area contributed by atoms with Crippen LogP contribution < -0.4 is 5.32 Å². The van der Waals surface area contributed by atoms with E-state index in [4.69, 9.17) is 4.74 Å². The van der Waals surface area contributed by atoms with Crippen LogP contribution in [-0.4, -0.2) is 37.3 Å². The fourth-order valence-electron chi connectivity index (χ4n) is 2.22. The van der Waals surface area contributed by atoms with Crippen LogP contribution in [0.2, 0.25) is 0 Å². The van der Waals surface area contributed by atoms with Crippen molar-refractivity contribution >= 4 is 11.8 Å².